The van der Waals surface area contributed by atoms with E-state index >= 15 is 0 Å². The number of nitro groups is 1. The maximum Gasteiger partial charge on any atom is 0.274 e. The van der Waals surface area contributed by atoms with Crippen LogP contribution in [0.3, 0.4) is 0 Å². The van der Waals surface area contributed by atoms with Crippen LogP contribution in [0.5, 0.6) is 0 Å². The first-order valence-corrected chi connectivity index (χ1v) is 8.60. The highest BCUT2D eigenvalue weighted by molar-refractivity contribution is 9.10. The van der Waals surface area contributed by atoms with Gasteiger partial charge in [0.15, 0.2) is 0 Å². The third-order valence-electron chi connectivity index (χ3n) is 4.33. The monoisotopic (exact) mass is 409 g/mol. The summed E-state index contributed by atoms with van der Waals surface area (Å²) in [6, 6.07) is 13.6. The number of aromatic nitrogens is 2. The molecule has 0 aliphatic rings. The van der Waals surface area contributed by atoms with E-state index in [9.17, 15) is 14.9 Å². The molecule has 6 nitrogen and oxygen atoms in total. The van der Waals surface area contributed by atoms with E-state index in [2.05, 4.69) is 20.9 Å². The second kappa shape index (κ2) is 6.03. The molecule has 4 aromatic rings. The van der Waals surface area contributed by atoms with Crippen LogP contribution in [0.25, 0.3) is 27.5 Å². The highest BCUT2D eigenvalue weighted by atomic mass is 79.9. The SMILES string of the molecule is Cc1ccc(-n2c(=O)ccc3cnc4cc(Br)ccc4c32)cc1[N+](=O)[O-]. The van der Waals surface area contributed by atoms with Crippen molar-refractivity contribution in [1.29, 1.82) is 0 Å². The van der Waals surface area contributed by atoms with Crippen molar-refractivity contribution in [2.45, 2.75) is 6.92 Å². The number of rotatable bonds is 2. The van der Waals surface area contributed by atoms with E-state index in [0.29, 0.717) is 16.8 Å². The first kappa shape index (κ1) is 16.4. The Morgan fingerprint density at radius 1 is 1.12 bits per heavy atom. The third-order valence-corrected chi connectivity index (χ3v) is 4.82. The highest BCUT2D eigenvalue weighted by Gasteiger charge is 2.15. The van der Waals surface area contributed by atoms with E-state index in [-0.39, 0.29) is 11.2 Å². The Morgan fingerprint density at radius 2 is 1.92 bits per heavy atom. The van der Waals surface area contributed by atoms with Crippen molar-refractivity contribution in [1.82, 2.24) is 9.55 Å². The van der Waals surface area contributed by atoms with E-state index in [1.807, 2.05) is 18.2 Å². The van der Waals surface area contributed by atoms with E-state index in [4.69, 9.17) is 0 Å². The standard InChI is InChI=1S/C19H12BrN3O3/c1-11-2-5-14(9-17(11)23(25)26)22-18(24)7-3-12-10-21-16-8-13(20)4-6-15(16)19(12)22/h2-10H,1H3. The van der Waals surface area contributed by atoms with Crippen molar-refractivity contribution < 1.29 is 4.92 Å². The number of nitrogens with zero attached hydrogens (tertiary/aromatic N) is 3. The van der Waals surface area contributed by atoms with Crippen LogP contribution < -0.4 is 5.56 Å². The third kappa shape index (κ3) is 2.57. The van der Waals surface area contributed by atoms with E-state index in [0.717, 1.165) is 20.8 Å². The van der Waals surface area contributed by atoms with Crippen LogP contribution in [0, 0.1) is 17.0 Å². The number of hydrogen-bond donors (Lipinski definition) is 0. The van der Waals surface area contributed by atoms with Gasteiger partial charge in [-0.3, -0.25) is 24.5 Å². The minimum atomic E-state index is -0.439. The zero-order valence-electron chi connectivity index (χ0n) is 13.6. The topological polar surface area (TPSA) is 78.0 Å². The Labute approximate surface area is 156 Å². The fourth-order valence-electron chi connectivity index (χ4n) is 3.07. The van der Waals surface area contributed by atoms with E-state index in [1.165, 1.54) is 16.7 Å². The maximum atomic E-state index is 12.7. The van der Waals surface area contributed by atoms with Gasteiger partial charge in [-0.15, -0.1) is 0 Å². The molecule has 0 bridgehead atoms. The molecule has 0 spiro atoms. The molecule has 0 amide bonds. The van der Waals surface area contributed by atoms with Gasteiger partial charge in [-0.2, -0.15) is 0 Å². The molecule has 0 unspecified atom stereocenters. The fraction of sp³-hybridized carbons (Fsp3) is 0.0526. The molecule has 0 aliphatic heterocycles. The summed E-state index contributed by atoms with van der Waals surface area (Å²) in [5, 5.41) is 12.9. The van der Waals surface area contributed by atoms with Gasteiger partial charge in [-0.1, -0.05) is 22.0 Å². The molecule has 0 saturated carbocycles. The first-order chi connectivity index (χ1) is 12.5. The Morgan fingerprint density at radius 3 is 2.69 bits per heavy atom. The number of pyridine rings is 2. The van der Waals surface area contributed by atoms with Crippen LogP contribution in [0.4, 0.5) is 5.69 Å². The van der Waals surface area contributed by atoms with Gasteiger partial charge in [-0.05, 0) is 37.3 Å². The summed E-state index contributed by atoms with van der Waals surface area (Å²) in [4.78, 5) is 28.0. The van der Waals surface area contributed by atoms with Crippen LogP contribution in [0.2, 0.25) is 0 Å². The number of benzene rings is 2. The lowest BCUT2D eigenvalue weighted by Gasteiger charge is -2.13. The maximum absolute atomic E-state index is 12.7. The zero-order chi connectivity index (χ0) is 18.4. The summed E-state index contributed by atoms with van der Waals surface area (Å²) in [5.74, 6) is 0. The van der Waals surface area contributed by atoms with Crippen LogP contribution in [-0.2, 0) is 0 Å². The van der Waals surface area contributed by atoms with Gasteiger partial charge in [0.2, 0.25) is 0 Å². The van der Waals surface area contributed by atoms with Crippen LogP contribution >= 0.6 is 15.9 Å². The zero-order valence-corrected chi connectivity index (χ0v) is 15.2. The Bertz CT molecular complexity index is 1260. The number of hydrogen-bond acceptors (Lipinski definition) is 4. The molecular weight excluding hydrogens is 398 g/mol. The molecule has 2 aromatic carbocycles. The van der Waals surface area contributed by atoms with Gasteiger partial charge in [0.1, 0.15) is 0 Å². The molecule has 128 valence electrons. The lowest BCUT2D eigenvalue weighted by Crippen LogP contribution is -2.18. The number of nitro benzene ring substituents is 1. The summed E-state index contributed by atoms with van der Waals surface area (Å²) in [6.45, 7) is 1.67. The molecule has 2 heterocycles. The number of fused-ring (bicyclic) bond motifs is 3. The van der Waals surface area contributed by atoms with Crippen LogP contribution in [0.15, 0.2) is 64.0 Å². The molecule has 0 N–H and O–H groups in total. The highest BCUT2D eigenvalue weighted by Crippen LogP contribution is 2.28. The predicted octanol–water partition coefficient (Wildman–Crippen LogP) is 4.52. The summed E-state index contributed by atoms with van der Waals surface area (Å²) in [7, 11) is 0. The molecule has 0 radical (unpaired) electrons. The van der Waals surface area contributed by atoms with E-state index < -0.39 is 4.92 Å². The van der Waals surface area contributed by atoms with Crippen molar-refractivity contribution in [3.8, 4) is 5.69 Å². The van der Waals surface area contributed by atoms with Crippen LogP contribution in [0.1, 0.15) is 5.56 Å². The molecule has 2 aromatic heterocycles. The second-order valence-electron chi connectivity index (χ2n) is 5.96. The quantitative estimate of drug-likeness (QED) is 0.277. The molecule has 0 fully saturated rings. The van der Waals surface area contributed by atoms with Crippen molar-refractivity contribution in [3.05, 3.63) is 85.2 Å². The lowest BCUT2D eigenvalue weighted by molar-refractivity contribution is -0.385. The lowest BCUT2D eigenvalue weighted by atomic mass is 10.1. The molecule has 7 heteroatoms. The van der Waals surface area contributed by atoms with Crippen LogP contribution in [-0.4, -0.2) is 14.5 Å². The summed E-state index contributed by atoms with van der Waals surface area (Å²) < 4.78 is 2.38. The molecule has 0 aliphatic carbocycles. The largest absolute Gasteiger partial charge is 0.276 e. The van der Waals surface area contributed by atoms with Crippen molar-refractivity contribution in [3.63, 3.8) is 0 Å². The van der Waals surface area contributed by atoms with E-state index in [1.54, 1.807) is 31.3 Å². The normalized spacial score (nSPS) is 11.2. The molecule has 0 saturated heterocycles. The smallest absolute Gasteiger partial charge is 0.274 e. The second-order valence-corrected chi connectivity index (χ2v) is 6.87. The van der Waals surface area contributed by atoms with Gasteiger partial charge in [0.25, 0.3) is 11.2 Å². The fourth-order valence-corrected chi connectivity index (χ4v) is 3.42. The van der Waals surface area contributed by atoms with Crippen molar-refractivity contribution >= 4 is 43.4 Å². The molecule has 26 heavy (non-hydrogen) atoms. The molecule has 4 rings (SSSR count). The Kier molecular flexibility index (Phi) is 3.81. The predicted molar refractivity (Wildman–Crippen MR) is 104 cm³/mol. The molecular formula is C19H12BrN3O3. The average Bonchev–Trinajstić information content (AvgIpc) is 2.61. The van der Waals surface area contributed by atoms with Gasteiger partial charge in [0.05, 0.1) is 21.6 Å². The summed E-state index contributed by atoms with van der Waals surface area (Å²) in [6.07, 6.45) is 1.70. The Hall–Kier alpha value is -3.06. The van der Waals surface area contributed by atoms with Gasteiger partial charge in [0, 0.05) is 39.1 Å². The Balaban J connectivity index is 2.16. The van der Waals surface area contributed by atoms with Gasteiger partial charge < -0.3 is 0 Å². The summed E-state index contributed by atoms with van der Waals surface area (Å²) in [5.41, 5.74) is 2.12. The number of halogens is 1. The number of aryl methyl sites for hydroxylation is 1. The van der Waals surface area contributed by atoms with Gasteiger partial charge >= 0.3 is 0 Å². The minimum Gasteiger partial charge on any atom is -0.276 e. The van der Waals surface area contributed by atoms with Crippen molar-refractivity contribution in [2.24, 2.45) is 0 Å². The molecule has 0 atom stereocenters. The summed E-state index contributed by atoms with van der Waals surface area (Å²) >= 11 is 3.42. The first-order valence-electron chi connectivity index (χ1n) is 7.81. The van der Waals surface area contributed by atoms with Gasteiger partial charge in [-0.25, -0.2) is 0 Å². The average molecular weight is 410 g/mol. The van der Waals surface area contributed by atoms with Crippen molar-refractivity contribution in [2.75, 3.05) is 0 Å². The minimum absolute atomic E-state index is 0.0208.